The Morgan fingerprint density at radius 1 is 1.03 bits per heavy atom. The van der Waals surface area contributed by atoms with Gasteiger partial charge in [-0.05, 0) is 53.9 Å². The Bertz CT molecular complexity index is 1510. The molecule has 0 bridgehead atoms. The van der Waals surface area contributed by atoms with Crippen LogP contribution in [0.25, 0.3) is 22.0 Å². The highest BCUT2D eigenvalue weighted by atomic mass is 32.2. The van der Waals surface area contributed by atoms with Crippen molar-refractivity contribution in [1.82, 2.24) is 9.97 Å². The Morgan fingerprint density at radius 2 is 1.79 bits per heavy atom. The smallest absolute Gasteiger partial charge is 0.261 e. The Balaban J connectivity index is 1.55. The van der Waals surface area contributed by atoms with Gasteiger partial charge in [-0.3, -0.25) is 4.79 Å². The maximum Gasteiger partial charge on any atom is 0.261 e. The molecule has 2 aromatic heterocycles. The van der Waals surface area contributed by atoms with E-state index in [1.54, 1.807) is 36.5 Å². The molecule has 0 atom stereocenters. The molecule has 2 aromatic carbocycles. The lowest BCUT2D eigenvalue weighted by Crippen LogP contribution is -2.36. The predicted molar refractivity (Wildman–Crippen MR) is 130 cm³/mol. The van der Waals surface area contributed by atoms with Gasteiger partial charge in [0.15, 0.2) is 9.84 Å². The number of fused-ring (bicyclic) bond motifs is 1. The quantitative estimate of drug-likeness (QED) is 0.468. The first kappa shape index (κ1) is 22.1. The number of nitrogens with one attached hydrogen (secondary N) is 1. The Hall–Kier alpha value is -3.69. The molecule has 5 rings (SSSR count). The average Bonchev–Trinajstić information content (AvgIpc) is 2.84. The lowest BCUT2D eigenvalue weighted by Gasteiger charge is -2.28. The van der Waals surface area contributed by atoms with E-state index in [-0.39, 0.29) is 16.3 Å². The van der Waals surface area contributed by atoms with Crippen molar-refractivity contribution in [3.05, 3.63) is 77.2 Å². The van der Waals surface area contributed by atoms with Crippen molar-refractivity contribution in [2.75, 3.05) is 37.5 Å². The number of sulfone groups is 1. The van der Waals surface area contributed by atoms with Crippen LogP contribution in [0.15, 0.2) is 76.6 Å². The number of anilines is 1. The molecule has 0 aliphatic carbocycles. The monoisotopic (exact) mass is 477 g/mol. The summed E-state index contributed by atoms with van der Waals surface area (Å²) in [4.78, 5) is 22.3. The van der Waals surface area contributed by atoms with E-state index >= 15 is 0 Å². The number of rotatable bonds is 5. The highest BCUT2D eigenvalue weighted by Gasteiger charge is 2.16. The first-order chi connectivity index (χ1) is 16.4. The summed E-state index contributed by atoms with van der Waals surface area (Å²) < 4.78 is 35.5. The lowest BCUT2D eigenvalue weighted by molar-refractivity contribution is 0.122. The Morgan fingerprint density at radius 3 is 2.53 bits per heavy atom. The number of hydrogen-bond donors (Lipinski definition) is 1. The number of nitrogens with zero attached hydrogens (tertiary/aromatic N) is 2. The number of pyridine rings is 2. The van der Waals surface area contributed by atoms with Crippen molar-refractivity contribution in [1.29, 1.82) is 0 Å². The van der Waals surface area contributed by atoms with Gasteiger partial charge >= 0.3 is 0 Å². The summed E-state index contributed by atoms with van der Waals surface area (Å²) in [6, 6.07) is 17.7. The largest absolute Gasteiger partial charge is 0.438 e. The molecule has 1 aliphatic heterocycles. The molecule has 1 aliphatic rings. The van der Waals surface area contributed by atoms with Gasteiger partial charge in [-0.2, -0.15) is 0 Å². The zero-order chi connectivity index (χ0) is 23.7. The van der Waals surface area contributed by atoms with Crippen molar-refractivity contribution < 1.29 is 17.9 Å². The standard InChI is InChI=1S/C25H23N3O5S/c1-34(30,31)21-4-2-3-17(15-21)22-16-18-9-10-26-24(29)23(18)25(27-22)33-20-7-5-19(6-8-20)28-11-13-32-14-12-28/h2-10,15-16H,11-14H2,1H3,(H,26,29). The number of morpholine rings is 1. The van der Waals surface area contributed by atoms with E-state index in [4.69, 9.17) is 9.47 Å². The van der Waals surface area contributed by atoms with Crippen LogP contribution in [0.3, 0.4) is 0 Å². The molecule has 9 heteroatoms. The maximum absolute atomic E-state index is 12.6. The molecule has 1 fully saturated rings. The third kappa shape index (κ3) is 4.52. The third-order valence-electron chi connectivity index (χ3n) is 5.71. The first-order valence-corrected chi connectivity index (χ1v) is 12.7. The molecule has 34 heavy (non-hydrogen) atoms. The van der Waals surface area contributed by atoms with Crippen LogP contribution < -0.4 is 15.2 Å². The van der Waals surface area contributed by atoms with E-state index in [1.165, 1.54) is 6.07 Å². The van der Waals surface area contributed by atoms with Crippen LogP contribution in [0.1, 0.15) is 0 Å². The summed E-state index contributed by atoms with van der Waals surface area (Å²) in [5.41, 5.74) is 1.86. The van der Waals surface area contributed by atoms with Gasteiger partial charge in [0.2, 0.25) is 5.88 Å². The second-order valence-corrected chi connectivity index (χ2v) is 10.1. The molecule has 0 radical (unpaired) electrons. The summed E-state index contributed by atoms with van der Waals surface area (Å²) in [5, 5.41) is 0.959. The fourth-order valence-electron chi connectivity index (χ4n) is 3.95. The van der Waals surface area contributed by atoms with Gasteiger partial charge in [-0.15, -0.1) is 0 Å². The van der Waals surface area contributed by atoms with E-state index in [1.807, 2.05) is 24.3 Å². The molecule has 174 valence electrons. The first-order valence-electron chi connectivity index (χ1n) is 10.8. The molecule has 8 nitrogen and oxygen atoms in total. The van der Waals surface area contributed by atoms with Gasteiger partial charge in [0.1, 0.15) is 11.1 Å². The summed E-state index contributed by atoms with van der Waals surface area (Å²) in [6.45, 7) is 3.06. The number of H-pyrrole nitrogens is 1. The number of aromatic nitrogens is 2. The van der Waals surface area contributed by atoms with Gasteiger partial charge < -0.3 is 19.4 Å². The molecular weight excluding hydrogens is 454 g/mol. The van der Waals surface area contributed by atoms with Crippen molar-refractivity contribution in [3.63, 3.8) is 0 Å². The van der Waals surface area contributed by atoms with Crippen LogP contribution in [0.2, 0.25) is 0 Å². The van der Waals surface area contributed by atoms with E-state index in [9.17, 15) is 13.2 Å². The van der Waals surface area contributed by atoms with Crippen LogP contribution in [0.5, 0.6) is 11.6 Å². The number of benzene rings is 2. The normalized spacial score (nSPS) is 14.3. The summed E-state index contributed by atoms with van der Waals surface area (Å²) in [7, 11) is -3.38. The van der Waals surface area contributed by atoms with Gasteiger partial charge in [-0.1, -0.05) is 12.1 Å². The van der Waals surface area contributed by atoms with Crippen LogP contribution in [0.4, 0.5) is 5.69 Å². The zero-order valence-corrected chi connectivity index (χ0v) is 19.3. The van der Waals surface area contributed by atoms with Crippen LogP contribution in [-0.4, -0.2) is 50.9 Å². The highest BCUT2D eigenvalue weighted by Crippen LogP contribution is 2.32. The molecule has 3 heterocycles. The van der Waals surface area contributed by atoms with Gasteiger partial charge in [-0.25, -0.2) is 13.4 Å². The highest BCUT2D eigenvalue weighted by molar-refractivity contribution is 7.90. The molecule has 1 saturated heterocycles. The minimum absolute atomic E-state index is 0.151. The Labute approximate surface area is 196 Å². The van der Waals surface area contributed by atoms with Crippen LogP contribution in [-0.2, 0) is 14.6 Å². The number of hydrogen-bond acceptors (Lipinski definition) is 7. The van der Waals surface area contributed by atoms with E-state index in [0.717, 1.165) is 25.0 Å². The van der Waals surface area contributed by atoms with E-state index in [2.05, 4.69) is 14.9 Å². The van der Waals surface area contributed by atoms with Crippen LogP contribution in [0, 0.1) is 0 Å². The number of aromatic amines is 1. The van der Waals surface area contributed by atoms with Gasteiger partial charge in [0.25, 0.3) is 5.56 Å². The van der Waals surface area contributed by atoms with E-state index < -0.39 is 9.84 Å². The van der Waals surface area contributed by atoms with Crippen molar-refractivity contribution in [2.24, 2.45) is 0 Å². The van der Waals surface area contributed by atoms with Gasteiger partial charge in [0, 0.05) is 36.8 Å². The van der Waals surface area contributed by atoms with Crippen molar-refractivity contribution in [3.8, 4) is 22.9 Å². The fraction of sp³-hybridized carbons (Fsp3) is 0.200. The minimum Gasteiger partial charge on any atom is -0.438 e. The Kier molecular flexibility index (Phi) is 5.80. The SMILES string of the molecule is CS(=O)(=O)c1cccc(-c2cc3cc[nH]c(=O)c3c(Oc3ccc(N4CCOCC4)cc3)n2)c1. The molecule has 4 aromatic rings. The van der Waals surface area contributed by atoms with Crippen molar-refractivity contribution >= 4 is 26.3 Å². The summed E-state index contributed by atoms with van der Waals surface area (Å²) in [5.74, 6) is 0.689. The predicted octanol–water partition coefficient (Wildman–Crippen LogP) is 3.62. The number of ether oxygens (including phenoxy) is 2. The lowest BCUT2D eigenvalue weighted by atomic mass is 10.1. The maximum atomic E-state index is 12.6. The van der Waals surface area contributed by atoms with Crippen molar-refractivity contribution in [2.45, 2.75) is 4.90 Å². The molecule has 0 unspecified atom stereocenters. The molecule has 0 amide bonds. The summed E-state index contributed by atoms with van der Waals surface area (Å²) in [6.07, 6.45) is 2.72. The second kappa shape index (κ2) is 8.92. The fourth-order valence-corrected chi connectivity index (χ4v) is 4.61. The molecule has 0 spiro atoms. The molecular formula is C25H23N3O5S. The average molecular weight is 478 g/mol. The van der Waals surface area contributed by atoms with E-state index in [0.29, 0.717) is 41.0 Å². The molecule has 1 N–H and O–H groups in total. The van der Waals surface area contributed by atoms with Gasteiger partial charge in [0.05, 0.1) is 23.8 Å². The summed E-state index contributed by atoms with van der Waals surface area (Å²) >= 11 is 0. The topological polar surface area (TPSA) is 102 Å². The van der Waals surface area contributed by atoms with Crippen LogP contribution >= 0.6 is 0 Å². The minimum atomic E-state index is -3.38. The molecule has 0 saturated carbocycles. The third-order valence-corrected chi connectivity index (χ3v) is 6.82. The zero-order valence-electron chi connectivity index (χ0n) is 18.5. The second-order valence-electron chi connectivity index (χ2n) is 8.08.